The van der Waals surface area contributed by atoms with E-state index in [2.05, 4.69) is 0 Å². The van der Waals surface area contributed by atoms with E-state index in [0.717, 1.165) is 29.1 Å². The highest BCUT2D eigenvalue weighted by molar-refractivity contribution is 8.00. The topological polar surface area (TPSA) is 70.1 Å². The Kier molecular flexibility index (Phi) is 6.32. The average molecular weight is 509 g/mol. The quantitative estimate of drug-likeness (QED) is 0.581. The van der Waals surface area contributed by atoms with Gasteiger partial charge in [-0.25, -0.2) is 22.1 Å². The second-order valence-electron chi connectivity index (χ2n) is 9.26. The van der Waals surface area contributed by atoms with Crippen molar-refractivity contribution in [2.45, 2.75) is 46.9 Å². The lowest BCUT2D eigenvalue weighted by Crippen LogP contribution is -2.27. The lowest BCUT2D eigenvalue weighted by atomic mass is 9.81. The van der Waals surface area contributed by atoms with E-state index in [1.54, 1.807) is 41.3 Å². The van der Waals surface area contributed by atoms with Gasteiger partial charge in [0.05, 0.1) is 15.5 Å². The number of hydrogen-bond donors (Lipinski definition) is 1. The molecule has 1 spiro atoms. The van der Waals surface area contributed by atoms with Crippen LogP contribution in [0.5, 0.6) is 5.75 Å². The second kappa shape index (κ2) is 9.13. The number of carboxylic acid groups (broad SMARTS) is 1. The predicted octanol–water partition coefficient (Wildman–Crippen LogP) is 4.77. The summed E-state index contributed by atoms with van der Waals surface area (Å²) in [5.41, 5.74) is 2.00. The molecular formula is C24H26F2N2O4S2. The summed E-state index contributed by atoms with van der Waals surface area (Å²) in [5.74, 6) is -1.57. The van der Waals surface area contributed by atoms with E-state index in [-0.39, 0.29) is 5.82 Å². The van der Waals surface area contributed by atoms with Crippen LogP contribution in [0, 0.1) is 11.2 Å². The van der Waals surface area contributed by atoms with Crippen LogP contribution in [-0.2, 0) is 15.8 Å². The molecule has 5 rings (SSSR count). The molecule has 2 aromatic carbocycles. The van der Waals surface area contributed by atoms with E-state index in [9.17, 15) is 17.8 Å². The molecule has 3 aliphatic rings. The maximum Gasteiger partial charge on any atom is 0.341 e. The number of ether oxygens (including phenoxy) is 1. The number of likely N-dealkylation sites (N-methyl/N-ethyl adjacent to an activating group) is 1. The van der Waals surface area contributed by atoms with Gasteiger partial charge in [-0.1, -0.05) is 0 Å². The molecule has 0 saturated heterocycles. The van der Waals surface area contributed by atoms with Crippen molar-refractivity contribution in [3.8, 4) is 5.75 Å². The van der Waals surface area contributed by atoms with E-state index >= 15 is 0 Å². The average Bonchev–Trinajstić information content (AvgIpc) is 3.60. The minimum absolute atomic E-state index is 0.335. The predicted molar refractivity (Wildman–Crippen MR) is 127 cm³/mol. The van der Waals surface area contributed by atoms with Crippen molar-refractivity contribution in [2.24, 2.45) is 5.41 Å². The molecule has 10 heteroatoms. The van der Waals surface area contributed by atoms with Gasteiger partial charge in [-0.15, -0.1) is 11.8 Å². The Morgan fingerprint density at radius 3 is 2.62 bits per heavy atom. The molecule has 182 valence electrons. The summed E-state index contributed by atoms with van der Waals surface area (Å²) in [6.07, 6.45) is 2.61. The maximum atomic E-state index is 13.8. The number of hydrogen-bond acceptors (Lipinski definition) is 5. The Bertz CT molecular complexity index is 1120. The number of halogens is 2. The molecule has 2 fully saturated rings. The molecule has 1 aliphatic heterocycles. The van der Waals surface area contributed by atoms with E-state index in [1.807, 2.05) is 11.0 Å². The summed E-state index contributed by atoms with van der Waals surface area (Å²) in [4.78, 5) is 14.2. The smallest absolute Gasteiger partial charge is 0.341 e. The highest BCUT2D eigenvalue weighted by Gasteiger charge is 2.53. The molecule has 1 N–H and O–H groups in total. The first kappa shape index (κ1) is 23.6. The lowest BCUT2D eigenvalue weighted by molar-refractivity contribution is -0.143. The Hall–Kier alpha value is -2.17. The Labute approximate surface area is 203 Å². The minimum Gasteiger partial charge on any atom is -0.489 e. The fraction of sp³-hybridized carbons (Fsp3) is 0.458. The molecule has 34 heavy (non-hydrogen) atoms. The van der Waals surface area contributed by atoms with Crippen molar-refractivity contribution in [1.29, 1.82) is 0 Å². The number of carbonyl (C=O) groups is 1. The molecule has 0 amide bonds. The SMILES string of the molecule is CN1CCN(c2ccc(F)cc2)c2cc(SC3CC4(CC4)C3)c(OCC(F)C(=O)O)cc2S1=O. The fourth-order valence-corrected chi connectivity index (χ4v) is 7.36. The van der Waals surface area contributed by atoms with Gasteiger partial charge in [0.2, 0.25) is 6.17 Å². The number of anilines is 2. The van der Waals surface area contributed by atoms with Crippen LogP contribution in [-0.4, -0.2) is 57.8 Å². The van der Waals surface area contributed by atoms with Gasteiger partial charge in [0, 0.05) is 37.1 Å². The highest BCUT2D eigenvalue weighted by atomic mass is 32.2. The monoisotopic (exact) mass is 508 g/mol. The van der Waals surface area contributed by atoms with Gasteiger partial charge >= 0.3 is 5.97 Å². The number of thioether (sulfide) groups is 1. The number of rotatable bonds is 7. The molecule has 2 aromatic rings. The van der Waals surface area contributed by atoms with Gasteiger partial charge in [0.1, 0.15) is 29.2 Å². The first-order valence-electron chi connectivity index (χ1n) is 11.3. The third-order valence-electron chi connectivity index (χ3n) is 6.79. The number of nitrogens with zero attached hydrogens (tertiary/aromatic N) is 2. The Morgan fingerprint density at radius 1 is 1.26 bits per heavy atom. The van der Waals surface area contributed by atoms with Gasteiger partial charge in [-0.05, 0) is 61.4 Å². The van der Waals surface area contributed by atoms with Crippen molar-refractivity contribution in [3.63, 3.8) is 0 Å². The van der Waals surface area contributed by atoms with Crippen LogP contribution in [0.3, 0.4) is 0 Å². The summed E-state index contributed by atoms with van der Waals surface area (Å²) < 4.78 is 48.0. The van der Waals surface area contributed by atoms with E-state index in [0.29, 0.717) is 34.4 Å². The van der Waals surface area contributed by atoms with E-state index in [1.165, 1.54) is 25.0 Å². The van der Waals surface area contributed by atoms with Crippen molar-refractivity contribution in [3.05, 3.63) is 42.2 Å². The first-order valence-corrected chi connectivity index (χ1v) is 13.2. The van der Waals surface area contributed by atoms with Crippen molar-refractivity contribution < 1.29 is 27.6 Å². The molecule has 2 aliphatic carbocycles. The first-order chi connectivity index (χ1) is 16.2. The van der Waals surface area contributed by atoms with Crippen molar-refractivity contribution in [1.82, 2.24) is 4.31 Å². The summed E-state index contributed by atoms with van der Waals surface area (Å²) in [7, 11) is 0.250. The molecule has 0 radical (unpaired) electrons. The number of benzene rings is 2. The Morgan fingerprint density at radius 2 is 1.97 bits per heavy atom. The second-order valence-corrected chi connectivity index (χ2v) is 12.2. The number of fused-ring (bicyclic) bond motifs is 1. The van der Waals surface area contributed by atoms with Crippen LogP contribution in [0.25, 0.3) is 0 Å². The summed E-state index contributed by atoms with van der Waals surface area (Å²) in [5, 5.41) is 9.33. The standard InChI is InChI=1S/C24H26F2N2O4S2/c1-27-8-9-28(16-4-2-15(25)3-5-16)19-10-21(33-17-12-24(13-17)6-7-24)20(11-22(19)34(27)31)32-14-18(26)23(29)30/h2-5,10-11,17-18H,6-9,12-14H2,1H3,(H,29,30). The van der Waals surface area contributed by atoms with Crippen LogP contribution < -0.4 is 9.64 Å². The fourth-order valence-electron chi connectivity index (χ4n) is 4.58. The summed E-state index contributed by atoms with van der Waals surface area (Å²) in [6.45, 7) is 0.428. The van der Waals surface area contributed by atoms with Crippen LogP contribution in [0.2, 0.25) is 0 Å². The number of alkyl halides is 1. The van der Waals surface area contributed by atoms with Crippen molar-refractivity contribution >= 4 is 40.1 Å². The molecule has 0 bridgehead atoms. The summed E-state index contributed by atoms with van der Waals surface area (Å²) >= 11 is 1.65. The zero-order chi connectivity index (χ0) is 24.0. The molecule has 0 aromatic heterocycles. The maximum absolute atomic E-state index is 13.8. The van der Waals surface area contributed by atoms with Crippen LogP contribution >= 0.6 is 11.8 Å². The highest BCUT2D eigenvalue weighted by Crippen LogP contribution is 2.64. The third kappa shape index (κ3) is 4.67. The third-order valence-corrected chi connectivity index (χ3v) is 9.48. The number of aliphatic carboxylic acids is 1. The molecule has 2 unspecified atom stereocenters. The van der Waals surface area contributed by atoms with Gasteiger partial charge in [-0.2, -0.15) is 0 Å². The van der Waals surface area contributed by atoms with Crippen molar-refractivity contribution in [2.75, 3.05) is 31.6 Å². The lowest BCUT2D eigenvalue weighted by Gasteiger charge is -2.36. The number of carboxylic acids is 1. The zero-order valence-electron chi connectivity index (χ0n) is 18.7. The van der Waals surface area contributed by atoms with Crippen LogP contribution in [0.15, 0.2) is 46.2 Å². The molecule has 1 heterocycles. The molecule has 2 saturated carbocycles. The van der Waals surface area contributed by atoms with Gasteiger partial charge in [-0.3, -0.25) is 0 Å². The van der Waals surface area contributed by atoms with Gasteiger partial charge in [0.15, 0.2) is 0 Å². The zero-order valence-corrected chi connectivity index (χ0v) is 20.3. The normalized spacial score (nSPS) is 22.6. The molecular weight excluding hydrogens is 482 g/mol. The van der Waals surface area contributed by atoms with Gasteiger partial charge < -0.3 is 14.7 Å². The van der Waals surface area contributed by atoms with E-state index < -0.39 is 29.7 Å². The minimum atomic E-state index is -2.15. The molecule has 2 atom stereocenters. The largest absolute Gasteiger partial charge is 0.489 e. The van der Waals surface area contributed by atoms with Crippen LogP contribution in [0.4, 0.5) is 20.2 Å². The Balaban J connectivity index is 1.53. The van der Waals surface area contributed by atoms with Crippen LogP contribution in [0.1, 0.15) is 25.7 Å². The van der Waals surface area contributed by atoms with E-state index in [4.69, 9.17) is 9.84 Å². The summed E-state index contributed by atoms with van der Waals surface area (Å²) in [6, 6.07) is 9.71. The molecule has 6 nitrogen and oxygen atoms in total. The van der Waals surface area contributed by atoms with Gasteiger partial charge in [0.25, 0.3) is 0 Å².